The van der Waals surface area contributed by atoms with Crippen LogP contribution in [0, 0.1) is 0 Å². The molecule has 0 spiro atoms. The van der Waals surface area contributed by atoms with Gasteiger partial charge in [-0.3, -0.25) is 0 Å². The molecule has 304 valence electrons. The van der Waals surface area contributed by atoms with Gasteiger partial charge in [0.2, 0.25) is 0 Å². The number of benzene rings is 2. The van der Waals surface area contributed by atoms with Crippen molar-refractivity contribution in [3.8, 4) is 0 Å². The third-order valence-electron chi connectivity index (χ3n) is 11.3. The molecular weight excluding hydrogens is 862 g/mol. The Balaban J connectivity index is 2.56. The van der Waals surface area contributed by atoms with Gasteiger partial charge in [0.05, 0.1) is 0 Å². The molecule has 2 atom stereocenters. The number of hydrogen-bond acceptors (Lipinski definition) is 3. The zero-order valence-electron chi connectivity index (χ0n) is 36.0. The minimum atomic E-state index is -3.73. The fraction of sp³-hybridized carbons (Fsp3) is 0.750. The molecule has 2 aromatic rings. The third kappa shape index (κ3) is 22.4. The van der Waals surface area contributed by atoms with Crippen LogP contribution in [0.3, 0.4) is 0 Å². The Bertz CT molecular complexity index is 963. The minimum absolute atomic E-state index is 0.0609. The summed E-state index contributed by atoms with van der Waals surface area (Å²) in [5.74, 6) is 0. The van der Waals surface area contributed by atoms with Crippen molar-refractivity contribution in [3.05, 3.63) is 71.8 Å². The molecule has 3 nitrogen and oxygen atoms in total. The summed E-state index contributed by atoms with van der Waals surface area (Å²) in [5.41, 5.74) is 2.60. The van der Waals surface area contributed by atoms with E-state index < -0.39 is 38.4 Å². The van der Waals surface area contributed by atoms with Crippen molar-refractivity contribution in [2.24, 2.45) is 0 Å². The first-order chi connectivity index (χ1) is 25.9. The van der Waals surface area contributed by atoms with Gasteiger partial charge in [0.15, 0.2) is 0 Å². The van der Waals surface area contributed by atoms with E-state index in [-0.39, 0.29) is 12.2 Å². The first-order valence-electron chi connectivity index (χ1n) is 23.1. The predicted octanol–water partition coefficient (Wildman–Crippen LogP) is 16.9. The molecule has 0 aliphatic carbocycles. The summed E-state index contributed by atoms with van der Waals surface area (Å²) in [7, 11) is 0. The summed E-state index contributed by atoms with van der Waals surface area (Å²) in [6, 6.07) is 22.1. The molecule has 0 radical (unpaired) electrons. The standard InChI is InChI=1S/2C8H9O.4C8H17.O.2Sn/c2*1-7(9)8-5-3-2-4-6-8;4*1-3-5-7-8-6-4-2;;;/h2*2-7H,1H3;4*1,3-8H2,2H3;;;/q2*-1;;;;;;2*+1. The zero-order valence-corrected chi connectivity index (χ0v) is 41.7. The Hall–Kier alpha value is -0.0826. The van der Waals surface area contributed by atoms with Gasteiger partial charge in [-0.1, -0.05) is 0 Å². The molecule has 53 heavy (non-hydrogen) atoms. The van der Waals surface area contributed by atoms with Gasteiger partial charge < -0.3 is 0 Å². The summed E-state index contributed by atoms with van der Waals surface area (Å²) < 4.78 is 28.4. The monoisotopic (exact) mass is 950 g/mol. The molecule has 0 heterocycles. The Morgan fingerprint density at radius 1 is 0.358 bits per heavy atom. The Labute approximate surface area is 340 Å². The van der Waals surface area contributed by atoms with Gasteiger partial charge >= 0.3 is 343 Å². The van der Waals surface area contributed by atoms with E-state index >= 15 is 0 Å². The molecule has 0 bridgehead atoms. The van der Waals surface area contributed by atoms with Crippen LogP contribution in [0.2, 0.25) is 17.7 Å². The van der Waals surface area contributed by atoms with Crippen LogP contribution in [0.1, 0.15) is 219 Å². The van der Waals surface area contributed by atoms with Crippen LogP contribution >= 0.6 is 0 Å². The van der Waals surface area contributed by atoms with E-state index in [4.69, 9.17) is 7.56 Å². The quantitative estimate of drug-likeness (QED) is 0.0503. The van der Waals surface area contributed by atoms with Crippen LogP contribution in [0.4, 0.5) is 0 Å². The van der Waals surface area contributed by atoms with Crippen molar-refractivity contribution in [2.75, 3.05) is 0 Å². The van der Waals surface area contributed by atoms with Gasteiger partial charge in [-0.2, -0.15) is 0 Å². The maximum atomic E-state index is 8.30. The molecular formula is C48H86O3Sn2. The Morgan fingerprint density at radius 2 is 0.604 bits per heavy atom. The average Bonchev–Trinajstić information content (AvgIpc) is 3.18. The topological polar surface area (TPSA) is 27.7 Å². The summed E-state index contributed by atoms with van der Waals surface area (Å²) in [4.78, 5) is 0. The van der Waals surface area contributed by atoms with E-state index in [9.17, 15) is 0 Å². The van der Waals surface area contributed by atoms with E-state index in [1.54, 1.807) is 0 Å². The molecule has 2 rings (SSSR count). The van der Waals surface area contributed by atoms with Crippen molar-refractivity contribution < 1.29 is 7.56 Å². The normalized spacial score (nSPS) is 13.4. The van der Waals surface area contributed by atoms with Gasteiger partial charge in [-0.05, 0) is 0 Å². The van der Waals surface area contributed by atoms with Gasteiger partial charge in [-0.15, -0.1) is 0 Å². The SMILES string of the molecule is CCCCCCC[CH2][Sn]([CH2]CCCCCCC)([O]C(C)c1ccccc1)[O][Sn]([CH2]CCCCCCC)([CH2]CCCCCCC)[O]C(C)c1ccccc1. The predicted molar refractivity (Wildman–Crippen MR) is 237 cm³/mol. The van der Waals surface area contributed by atoms with Gasteiger partial charge in [0.25, 0.3) is 0 Å². The number of hydrogen-bond donors (Lipinski definition) is 0. The van der Waals surface area contributed by atoms with Gasteiger partial charge in [0.1, 0.15) is 0 Å². The van der Waals surface area contributed by atoms with Gasteiger partial charge in [0, 0.05) is 0 Å². The van der Waals surface area contributed by atoms with Crippen LogP contribution in [-0.2, 0) is 7.56 Å². The summed E-state index contributed by atoms with van der Waals surface area (Å²) >= 11 is -7.47. The molecule has 5 heteroatoms. The number of unbranched alkanes of at least 4 members (excludes halogenated alkanes) is 20. The van der Waals surface area contributed by atoms with Crippen molar-refractivity contribution in [3.63, 3.8) is 0 Å². The second kappa shape index (κ2) is 31.9. The molecule has 0 aliphatic rings. The molecule has 0 saturated heterocycles. The van der Waals surface area contributed by atoms with Crippen LogP contribution in [0.25, 0.3) is 0 Å². The maximum absolute atomic E-state index is 8.30. The molecule has 0 saturated carbocycles. The van der Waals surface area contributed by atoms with Crippen LogP contribution in [0.5, 0.6) is 0 Å². The van der Waals surface area contributed by atoms with Crippen molar-refractivity contribution in [1.29, 1.82) is 0 Å². The second-order valence-electron chi connectivity index (χ2n) is 16.3. The summed E-state index contributed by atoms with van der Waals surface area (Å²) in [6.45, 7) is 13.9. The van der Waals surface area contributed by atoms with E-state index in [0.29, 0.717) is 0 Å². The second-order valence-corrected chi connectivity index (χ2v) is 38.3. The third-order valence-corrected chi connectivity index (χ3v) is 44.9. The number of rotatable bonds is 36. The Morgan fingerprint density at radius 3 is 0.868 bits per heavy atom. The first kappa shape index (κ1) is 49.1. The van der Waals surface area contributed by atoms with Crippen LogP contribution in [0.15, 0.2) is 60.7 Å². The first-order valence-corrected chi connectivity index (χ1v) is 35.8. The molecule has 0 aliphatic heterocycles. The Kier molecular flexibility index (Phi) is 29.6. The molecule has 0 amide bonds. The molecule has 2 aromatic carbocycles. The van der Waals surface area contributed by atoms with E-state index in [2.05, 4.69) is 102 Å². The van der Waals surface area contributed by atoms with Crippen molar-refractivity contribution >= 4 is 38.4 Å². The van der Waals surface area contributed by atoms with Gasteiger partial charge in [-0.25, -0.2) is 0 Å². The molecule has 0 N–H and O–H groups in total. The summed E-state index contributed by atoms with van der Waals surface area (Å²) in [5, 5.41) is 0. The molecule has 2 unspecified atom stereocenters. The molecule has 0 aromatic heterocycles. The van der Waals surface area contributed by atoms with E-state index in [1.165, 1.54) is 183 Å². The average molecular weight is 949 g/mol. The van der Waals surface area contributed by atoms with Crippen molar-refractivity contribution in [2.45, 2.75) is 226 Å². The molecule has 0 fully saturated rings. The van der Waals surface area contributed by atoms with Crippen LogP contribution in [-0.4, -0.2) is 38.4 Å². The fourth-order valence-electron chi connectivity index (χ4n) is 8.00. The van der Waals surface area contributed by atoms with E-state index in [0.717, 1.165) is 0 Å². The zero-order chi connectivity index (χ0) is 38.3. The van der Waals surface area contributed by atoms with Crippen LogP contribution < -0.4 is 0 Å². The fourth-order valence-corrected chi connectivity index (χ4v) is 50.2. The summed E-state index contributed by atoms with van der Waals surface area (Å²) in [6.07, 6.45) is 31.7. The van der Waals surface area contributed by atoms with Crippen molar-refractivity contribution in [1.82, 2.24) is 0 Å². The van der Waals surface area contributed by atoms with E-state index in [1.807, 2.05) is 0 Å².